The SMILES string of the molecule is COc1cccc(COc2ccncc2CN)c1. The highest BCUT2D eigenvalue weighted by molar-refractivity contribution is 5.31. The van der Waals surface area contributed by atoms with Gasteiger partial charge in [0, 0.05) is 24.5 Å². The first-order valence-corrected chi connectivity index (χ1v) is 5.72. The summed E-state index contributed by atoms with van der Waals surface area (Å²) in [6, 6.07) is 9.60. The van der Waals surface area contributed by atoms with Crippen LogP contribution in [-0.4, -0.2) is 12.1 Å². The summed E-state index contributed by atoms with van der Waals surface area (Å²) in [6.45, 7) is 0.898. The third-order valence-corrected chi connectivity index (χ3v) is 2.61. The van der Waals surface area contributed by atoms with Crippen molar-refractivity contribution in [2.45, 2.75) is 13.2 Å². The first-order chi connectivity index (χ1) is 8.83. The fourth-order valence-corrected chi connectivity index (χ4v) is 1.63. The summed E-state index contributed by atoms with van der Waals surface area (Å²) in [7, 11) is 1.65. The largest absolute Gasteiger partial charge is 0.497 e. The quantitative estimate of drug-likeness (QED) is 0.875. The monoisotopic (exact) mass is 244 g/mol. The van der Waals surface area contributed by atoms with Crippen LogP contribution in [0, 0.1) is 0 Å². The van der Waals surface area contributed by atoms with Crippen LogP contribution in [0.2, 0.25) is 0 Å². The molecule has 18 heavy (non-hydrogen) atoms. The lowest BCUT2D eigenvalue weighted by Gasteiger charge is -2.10. The summed E-state index contributed by atoms with van der Waals surface area (Å²) < 4.78 is 10.9. The molecule has 0 aliphatic heterocycles. The maximum absolute atomic E-state index is 5.74. The van der Waals surface area contributed by atoms with E-state index in [1.807, 2.05) is 30.3 Å². The number of rotatable bonds is 5. The van der Waals surface area contributed by atoms with Crippen molar-refractivity contribution in [3.05, 3.63) is 53.9 Å². The Balaban J connectivity index is 2.06. The average molecular weight is 244 g/mol. The minimum absolute atomic E-state index is 0.418. The zero-order chi connectivity index (χ0) is 12.8. The van der Waals surface area contributed by atoms with Gasteiger partial charge < -0.3 is 15.2 Å². The van der Waals surface area contributed by atoms with Crippen molar-refractivity contribution in [1.82, 2.24) is 4.98 Å². The maximum Gasteiger partial charge on any atom is 0.127 e. The minimum atomic E-state index is 0.418. The molecule has 2 rings (SSSR count). The zero-order valence-corrected chi connectivity index (χ0v) is 10.3. The summed E-state index contributed by atoms with van der Waals surface area (Å²) in [5, 5.41) is 0. The van der Waals surface area contributed by atoms with Crippen molar-refractivity contribution in [1.29, 1.82) is 0 Å². The third-order valence-electron chi connectivity index (χ3n) is 2.61. The second-order valence-electron chi connectivity index (χ2n) is 3.83. The van der Waals surface area contributed by atoms with Gasteiger partial charge >= 0.3 is 0 Å². The molecule has 94 valence electrons. The van der Waals surface area contributed by atoms with Crippen molar-refractivity contribution in [3.8, 4) is 11.5 Å². The second-order valence-corrected chi connectivity index (χ2v) is 3.83. The molecule has 1 heterocycles. The molecule has 4 heteroatoms. The Morgan fingerprint density at radius 2 is 2.17 bits per heavy atom. The Morgan fingerprint density at radius 3 is 2.94 bits per heavy atom. The van der Waals surface area contributed by atoms with Gasteiger partial charge in [0.15, 0.2) is 0 Å². The van der Waals surface area contributed by atoms with Crippen molar-refractivity contribution in [2.24, 2.45) is 5.73 Å². The van der Waals surface area contributed by atoms with Crippen LogP contribution in [-0.2, 0) is 13.2 Å². The summed E-state index contributed by atoms with van der Waals surface area (Å²) in [5.74, 6) is 1.60. The standard InChI is InChI=1S/C14H16N2O2/c1-17-13-4-2-3-11(7-13)10-18-14-5-6-16-9-12(14)8-15/h2-7,9H,8,10,15H2,1H3. The van der Waals surface area contributed by atoms with Crippen LogP contribution in [0.5, 0.6) is 11.5 Å². The molecule has 2 aromatic rings. The number of nitrogens with two attached hydrogens (primary N) is 1. The summed E-state index contributed by atoms with van der Waals surface area (Å²) in [6.07, 6.45) is 3.42. The van der Waals surface area contributed by atoms with Gasteiger partial charge in [-0.1, -0.05) is 12.1 Å². The van der Waals surface area contributed by atoms with Gasteiger partial charge in [-0.15, -0.1) is 0 Å². The van der Waals surface area contributed by atoms with Crippen LogP contribution in [0.4, 0.5) is 0 Å². The molecule has 4 nitrogen and oxygen atoms in total. The molecule has 0 spiro atoms. The topological polar surface area (TPSA) is 57.4 Å². The Kier molecular flexibility index (Phi) is 4.15. The molecule has 0 atom stereocenters. The van der Waals surface area contributed by atoms with Gasteiger partial charge in [-0.05, 0) is 23.8 Å². The van der Waals surface area contributed by atoms with Crippen LogP contribution in [0.1, 0.15) is 11.1 Å². The van der Waals surface area contributed by atoms with E-state index in [4.69, 9.17) is 15.2 Å². The van der Waals surface area contributed by atoms with Crippen molar-refractivity contribution in [2.75, 3.05) is 7.11 Å². The Morgan fingerprint density at radius 1 is 1.28 bits per heavy atom. The fraction of sp³-hybridized carbons (Fsp3) is 0.214. The molecule has 1 aromatic heterocycles. The number of aromatic nitrogens is 1. The number of methoxy groups -OCH3 is 1. The first kappa shape index (κ1) is 12.4. The molecule has 0 saturated carbocycles. The summed E-state index contributed by atoms with van der Waals surface area (Å²) in [5.41, 5.74) is 7.58. The van der Waals surface area contributed by atoms with E-state index in [9.17, 15) is 0 Å². The smallest absolute Gasteiger partial charge is 0.127 e. The molecule has 0 radical (unpaired) electrons. The lowest BCUT2D eigenvalue weighted by atomic mass is 10.2. The van der Waals surface area contributed by atoms with Gasteiger partial charge in [-0.3, -0.25) is 4.98 Å². The van der Waals surface area contributed by atoms with Crippen LogP contribution in [0.25, 0.3) is 0 Å². The number of hydrogen-bond donors (Lipinski definition) is 1. The predicted molar refractivity (Wildman–Crippen MR) is 69.5 cm³/mol. The number of benzene rings is 1. The van der Waals surface area contributed by atoms with E-state index in [2.05, 4.69) is 4.98 Å². The normalized spacial score (nSPS) is 10.1. The van der Waals surface area contributed by atoms with Crippen molar-refractivity contribution >= 4 is 0 Å². The predicted octanol–water partition coefficient (Wildman–Crippen LogP) is 2.13. The first-order valence-electron chi connectivity index (χ1n) is 5.72. The molecule has 0 amide bonds. The molecule has 0 saturated heterocycles. The van der Waals surface area contributed by atoms with Gasteiger partial charge in [-0.2, -0.15) is 0 Å². The maximum atomic E-state index is 5.74. The molecule has 0 bridgehead atoms. The van der Waals surface area contributed by atoms with Crippen molar-refractivity contribution < 1.29 is 9.47 Å². The summed E-state index contributed by atoms with van der Waals surface area (Å²) >= 11 is 0. The van der Waals surface area contributed by atoms with E-state index >= 15 is 0 Å². The lowest BCUT2D eigenvalue weighted by molar-refractivity contribution is 0.301. The average Bonchev–Trinajstić information content (AvgIpc) is 2.45. The Labute approximate surface area is 106 Å². The van der Waals surface area contributed by atoms with E-state index in [0.717, 1.165) is 22.6 Å². The highest BCUT2D eigenvalue weighted by atomic mass is 16.5. The van der Waals surface area contributed by atoms with Crippen molar-refractivity contribution in [3.63, 3.8) is 0 Å². The van der Waals surface area contributed by atoms with Crippen LogP contribution < -0.4 is 15.2 Å². The highest BCUT2D eigenvalue weighted by Crippen LogP contribution is 2.19. The molecule has 2 N–H and O–H groups in total. The number of pyridine rings is 1. The lowest BCUT2D eigenvalue weighted by Crippen LogP contribution is -2.03. The number of ether oxygens (including phenoxy) is 2. The molecule has 1 aromatic carbocycles. The Bertz CT molecular complexity index is 515. The van der Waals surface area contributed by atoms with Crippen LogP contribution in [0.15, 0.2) is 42.7 Å². The van der Waals surface area contributed by atoms with E-state index in [1.54, 1.807) is 19.5 Å². The summed E-state index contributed by atoms with van der Waals surface area (Å²) in [4.78, 5) is 4.02. The molecule has 0 aliphatic rings. The van der Waals surface area contributed by atoms with E-state index in [0.29, 0.717) is 13.2 Å². The Hall–Kier alpha value is -2.07. The van der Waals surface area contributed by atoms with Gasteiger partial charge in [0.05, 0.1) is 7.11 Å². The molecular formula is C14H16N2O2. The number of nitrogens with zero attached hydrogens (tertiary/aromatic N) is 1. The highest BCUT2D eigenvalue weighted by Gasteiger charge is 2.02. The van der Waals surface area contributed by atoms with Crippen LogP contribution >= 0.6 is 0 Å². The molecule has 0 aliphatic carbocycles. The van der Waals surface area contributed by atoms with Gasteiger partial charge in [0.25, 0.3) is 0 Å². The van der Waals surface area contributed by atoms with Gasteiger partial charge in [0.2, 0.25) is 0 Å². The second kappa shape index (κ2) is 6.02. The van der Waals surface area contributed by atoms with E-state index in [1.165, 1.54) is 0 Å². The zero-order valence-electron chi connectivity index (χ0n) is 10.3. The van der Waals surface area contributed by atoms with E-state index < -0.39 is 0 Å². The van der Waals surface area contributed by atoms with E-state index in [-0.39, 0.29) is 0 Å². The number of hydrogen-bond acceptors (Lipinski definition) is 4. The minimum Gasteiger partial charge on any atom is -0.497 e. The molecule has 0 unspecified atom stereocenters. The molecular weight excluding hydrogens is 228 g/mol. The van der Waals surface area contributed by atoms with Gasteiger partial charge in [0.1, 0.15) is 18.1 Å². The fourth-order valence-electron chi connectivity index (χ4n) is 1.63. The van der Waals surface area contributed by atoms with Gasteiger partial charge in [-0.25, -0.2) is 0 Å². The third kappa shape index (κ3) is 2.99. The van der Waals surface area contributed by atoms with Crippen LogP contribution in [0.3, 0.4) is 0 Å². The molecule has 0 fully saturated rings.